The third kappa shape index (κ3) is 7.35. The van der Waals surface area contributed by atoms with Crippen molar-refractivity contribution in [3.63, 3.8) is 0 Å². The SMILES string of the molecule is CCC[N+](CC)(CCC)CCCC[S+](C)CC. The number of rotatable bonds is 11. The minimum Gasteiger partial charge on any atom is -0.324 e. The van der Waals surface area contributed by atoms with Gasteiger partial charge in [0.2, 0.25) is 0 Å². The molecule has 0 radical (unpaired) electrons. The fraction of sp³-hybridized carbons (Fsp3) is 1.00. The highest BCUT2D eigenvalue weighted by Crippen LogP contribution is 2.12. The molecule has 2 heteroatoms. The summed E-state index contributed by atoms with van der Waals surface area (Å²) in [6.07, 6.45) is 7.97. The van der Waals surface area contributed by atoms with Gasteiger partial charge in [-0.05, 0) is 44.0 Å². The Hall–Kier alpha value is 0.310. The van der Waals surface area contributed by atoms with Gasteiger partial charge in [-0.25, -0.2) is 0 Å². The van der Waals surface area contributed by atoms with Crippen molar-refractivity contribution < 1.29 is 4.48 Å². The molecule has 0 fully saturated rings. The van der Waals surface area contributed by atoms with E-state index in [2.05, 4.69) is 34.0 Å². The second-order valence-corrected chi connectivity index (χ2v) is 7.86. The van der Waals surface area contributed by atoms with Gasteiger partial charge in [0.15, 0.2) is 0 Å². The van der Waals surface area contributed by atoms with E-state index >= 15 is 0 Å². The van der Waals surface area contributed by atoms with E-state index in [9.17, 15) is 0 Å². The van der Waals surface area contributed by atoms with Gasteiger partial charge in [0.25, 0.3) is 0 Å². The largest absolute Gasteiger partial charge is 0.324 e. The minimum atomic E-state index is 0.678. The van der Waals surface area contributed by atoms with Crippen LogP contribution in [-0.2, 0) is 10.9 Å². The first-order valence-electron chi connectivity index (χ1n) is 7.58. The molecule has 1 atom stereocenters. The first kappa shape index (κ1) is 17.3. The average Bonchev–Trinajstić information content (AvgIpc) is 2.34. The Bertz CT molecular complexity index is 164. The zero-order valence-electron chi connectivity index (χ0n) is 12.9. The molecule has 0 aromatic carbocycles. The molecule has 0 aliphatic carbocycles. The summed E-state index contributed by atoms with van der Waals surface area (Å²) in [5.41, 5.74) is 0. The molecule has 0 aliphatic rings. The molecule has 0 saturated heterocycles. The summed E-state index contributed by atoms with van der Waals surface area (Å²) in [6, 6.07) is 0. The lowest BCUT2D eigenvalue weighted by atomic mass is 10.2. The van der Waals surface area contributed by atoms with E-state index in [4.69, 9.17) is 0 Å². The maximum atomic E-state index is 2.42. The van der Waals surface area contributed by atoms with E-state index in [1.165, 1.54) is 67.9 Å². The lowest BCUT2D eigenvalue weighted by Gasteiger charge is -2.37. The van der Waals surface area contributed by atoms with Crippen LogP contribution in [0.5, 0.6) is 0 Å². The van der Waals surface area contributed by atoms with Gasteiger partial charge < -0.3 is 4.48 Å². The van der Waals surface area contributed by atoms with Gasteiger partial charge in [-0.1, -0.05) is 13.8 Å². The predicted octanol–water partition coefficient (Wildman–Crippen LogP) is 3.69. The summed E-state index contributed by atoms with van der Waals surface area (Å²) < 4.78 is 1.37. The third-order valence-electron chi connectivity index (χ3n) is 3.93. The van der Waals surface area contributed by atoms with Crippen LogP contribution in [0.15, 0.2) is 0 Å². The summed E-state index contributed by atoms with van der Waals surface area (Å²) in [5.74, 6) is 2.83. The van der Waals surface area contributed by atoms with Crippen LogP contribution in [0, 0.1) is 0 Å². The molecule has 0 aliphatic heterocycles. The second kappa shape index (κ2) is 10.3. The van der Waals surface area contributed by atoms with Gasteiger partial charge in [-0.15, -0.1) is 0 Å². The van der Waals surface area contributed by atoms with Crippen LogP contribution >= 0.6 is 0 Å². The van der Waals surface area contributed by atoms with E-state index < -0.39 is 0 Å². The van der Waals surface area contributed by atoms with Gasteiger partial charge in [0.05, 0.1) is 32.4 Å². The van der Waals surface area contributed by atoms with Crippen molar-refractivity contribution in [3.8, 4) is 0 Å². The normalized spacial score (nSPS) is 13.9. The number of hydrogen-bond donors (Lipinski definition) is 0. The molecule has 0 N–H and O–H groups in total. The Morgan fingerprint density at radius 1 is 0.824 bits per heavy atom. The summed E-state index contributed by atoms with van der Waals surface area (Å²) in [5, 5.41) is 0. The van der Waals surface area contributed by atoms with Crippen molar-refractivity contribution in [2.24, 2.45) is 0 Å². The van der Waals surface area contributed by atoms with Crippen LogP contribution in [-0.4, -0.2) is 48.4 Å². The molecule has 1 nitrogen and oxygen atoms in total. The fourth-order valence-electron chi connectivity index (χ4n) is 2.70. The monoisotopic (exact) mass is 261 g/mol. The minimum absolute atomic E-state index is 0.678. The molecule has 0 amide bonds. The fourth-order valence-corrected chi connectivity index (χ4v) is 3.68. The van der Waals surface area contributed by atoms with Gasteiger partial charge in [-0.3, -0.25) is 0 Å². The lowest BCUT2D eigenvalue weighted by Crippen LogP contribution is -2.49. The van der Waals surface area contributed by atoms with Gasteiger partial charge in [0.1, 0.15) is 11.5 Å². The summed E-state index contributed by atoms with van der Waals surface area (Å²) >= 11 is 0. The highest BCUT2D eigenvalue weighted by Gasteiger charge is 2.22. The first-order valence-corrected chi connectivity index (χ1v) is 9.55. The van der Waals surface area contributed by atoms with Gasteiger partial charge >= 0.3 is 0 Å². The molecule has 1 unspecified atom stereocenters. The maximum absolute atomic E-state index is 2.42. The summed E-state index contributed by atoms with van der Waals surface area (Å²) in [7, 11) is 0.678. The number of unbranched alkanes of at least 4 members (excludes halogenated alkanes) is 1. The highest BCUT2D eigenvalue weighted by atomic mass is 32.2. The smallest absolute Gasteiger partial charge is 0.108 e. The molecule has 0 saturated carbocycles. The predicted molar refractivity (Wildman–Crippen MR) is 83.9 cm³/mol. The van der Waals surface area contributed by atoms with Crippen molar-refractivity contribution in [1.82, 2.24) is 0 Å². The van der Waals surface area contributed by atoms with Crippen LogP contribution in [0.4, 0.5) is 0 Å². The van der Waals surface area contributed by atoms with Crippen molar-refractivity contribution in [1.29, 1.82) is 0 Å². The Kier molecular flexibility index (Phi) is 10.4. The van der Waals surface area contributed by atoms with Gasteiger partial charge in [-0.2, -0.15) is 0 Å². The molecule has 0 rings (SSSR count). The topological polar surface area (TPSA) is 0 Å². The van der Waals surface area contributed by atoms with E-state index in [1.807, 2.05) is 0 Å². The van der Waals surface area contributed by atoms with Crippen LogP contribution in [0.1, 0.15) is 53.4 Å². The van der Waals surface area contributed by atoms with Crippen molar-refractivity contribution >= 4 is 10.9 Å². The number of hydrogen-bond acceptors (Lipinski definition) is 0. The average molecular weight is 262 g/mol. The van der Waals surface area contributed by atoms with Crippen molar-refractivity contribution in [2.75, 3.05) is 43.9 Å². The van der Waals surface area contributed by atoms with Crippen LogP contribution in [0.3, 0.4) is 0 Å². The molecule has 0 spiro atoms. The molecule has 17 heavy (non-hydrogen) atoms. The Balaban J connectivity index is 3.98. The maximum Gasteiger partial charge on any atom is 0.108 e. The second-order valence-electron chi connectivity index (χ2n) is 5.31. The zero-order valence-corrected chi connectivity index (χ0v) is 13.7. The standard InChI is InChI=1S/C15H35NS/c1-6-12-16(8-3,13-7-2)14-10-11-15-17(5)9-4/h6-15H2,1-5H3/q+2. The van der Waals surface area contributed by atoms with E-state index in [-0.39, 0.29) is 0 Å². The number of nitrogens with zero attached hydrogens (tertiary/aromatic N) is 1. The van der Waals surface area contributed by atoms with Crippen LogP contribution in [0.2, 0.25) is 0 Å². The molecule has 0 aromatic heterocycles. The van der Waals surface area contributed by atoms with Gasteiger partial charge in [0, 0.05) is 6.42 Å². The molecule has 0 heterocycles. The molecular weight excluding hydrogens is 226 g/mol. The lowest BCUT2D eigenvalue weighted by molar-refractivity contribution is -0.926. The van der Waals surface area contributed by atoms with Crippen LogP contribution in [0.25, 0.3) is 0 Å². The summed E-state index contributed by atoms with van der Waals surface area (Å²) in [4.78, 5) is 0. The van der Waals surface area contributed by atoms with E-state index in [0.717, 1.165) is 0 Å². The Labute approximate surface area is 113 Å². The Morgan fingerprint density at radius 2 is 1.41 bits per heavy atom. The van der Waals surface area contributed by atoms with E-state index in [0.29, 0.717) is 10.9 Å². The van der Waals surface area contributed by atoms with Crippen molar-refractivity contribution in [2.45, 2.75) is 53.4 Å². The van der Waals surface area contributed by atoms with Crippen LogP contribution < -0.4 is 0 Å². The first-order chi connectivity index (χ1) is 8.14. The quantitative estimate of drug-likeness (QED) is 0.302. The van der Waals surface area contributed by atoms with Crippen molar-refractivity contribution in [3.05, 3.63) is 0 Å². The third-order valence-corrected chi connectivity index (χ3v) is 5.91. The molecule has 0 bridgehead atoms. The molecular formula is C15H35NS+2. The molecule has 0 aromatic rings. The Morgan fingerprint density at radius 3 is 1.82 bits per heavy atom. The zero-order chi connectivity index (χ0) is 13.1. The highest BCUT2D eigenvalue weighted by molar-refractivity contribution is 7.96. The number of quaternary nitrogens is 1. The molecule has 104 valence electrons. The van der Waals surface area contributed by atoms with E-state index in [1.54, 1.807) is 0 Å². The summed E-state index contributed by atoms with van der Waals surface area (Å²) in [6.45, 7) is 14.9.